The average Bonchev–Trinajstić information content (AvgIpc) is 2.52. The Morgan fingerprint density at radius 3 is 1.96 bits per heavy atom. The second-order valence-corrected chi connectivity index (χ2v) is 17.7. The molecule has 0 aliphatic heterocycles. The van der Waals surface area contributed by atoms with E-state index in [2.05, 4.69) is 39.7 Å². The van der Waals surface area contributed by atoms with Gasteiger partial charge in [-0.3, -0.25) is 0 Å². The lowest BCUT2D eigenvalue weighted by atomic mass is 10.1. The fourth-order valence-electron chi connectivity index (χ4n) is 3.56. The van der Waals surface area contributed by atoms with Gasteiger partial charge in [0.25, 0.3) is 0 Å². The molecule has 0 saturated heterocycles. The van der Waals surface area contributed by atoms with Crippen LogP contribution in [0.1, 0.15) is 65.2 Å². The maximum absolute atomic E-state index is 12.3. The summed E-state index contributed by atoms with van der Waals surface area (Å²) in [5.74, 6) is -1.75. The van der Waals surface area contributed by atoms with E-state index in [9.17, 15) is 9.59 Å². The number of aliphatic carboxylic acids is 1. The van der Waals surface area contributed by atoms with E-state index < -0.39 is 33.8 Å². The third-order valence-electron chi connectivity index (χ3n) is 4.82. The minimum absolute atomic E-state index is 0.593. The van der Waals surface area contributed by atoms with Gasteiger partial charge in [0.1, 0.15) is 5.22 Å². The number of unbranched alkanes of at least 4 members (excludes halogenated alkanes) is 5. The number of carboxylic acid groups (broad SMARTS) is 1. The van der Waals surface area contributed by atoms with Crippen molar-refractivity contribution in [1.82, 2.24) is 0 Å². The van der Waals surface area contributed by atoms with Gasteiger partial charge in [0.2, 0.25) is 8.32 Å². The van der Waals surface area contributed by atoms with Gasteiger partial charge in [0.15, 0.2) is 8.32 Å². The van der Waals surface area contributed by atoms with Crippen LogP contribution in [0, 0.1) is 0 Å². The smallest absolute Gasteiger partial charge is 0.331 e. The van der Waals surface area contributed by atoms with Crippen molar-refractivity contribution in [2.75, 3.05) is 0 Å². The highest BCUT2D eigenvalue weighted by Crippen LogP contribution is 2.37. The SMILES string of the molecule is CCCCCCCCC(CC)(OC(=O)/C=C/C(=O)O)[Si](C)(C)O[Si](C)(C)C. The van der Waals surface area contributed by atoms with Crippen molar-refractivity contribution in [3.8, 4) is 0 Å². The number of ether oxygens (including phenoxy) is 1. The van der Waals surface area contributed by atoms with Gasteiger partial charge >= 0.3 is 11.9 Å². The molecule has 0 saturated carbocycles. The Morgan fingerprint density at radius 1 is 0.926 bits per heavy atom. The first-order chi connectivity index (χ1) is 12.4. The molecule has 1 atom stereocenters. The third kappa shape index (κ3) is 10.3. The van der Waals surface area contributed by atoms with E-state index in [1.807, 2.05) is 6.92 Å². The molecule has 0 heterocycles. The molecule has 0 aromatic carbocycles. The fourth-order valence-corrected chi connectivity index (χ4v) is 12.4. The molecule has 0 amide bonds. The molecule has 1 N–H and O–H groups in total. The van der Waals surface area contributed by atoms with Gasteiger partial charge in [0, 0.05) is 12.2 Å². The lowest BCUT2D eigenvalue weighted by Crippen LogP contribution is -2.62. The summed E-state index contributed by atoms with van der Waals surface area (Å²) in [5, 5.41) is 8.13. The minimum Gasteiger partial charge on any atom is -0.478 e. The first kappa shape index (κ1) is 26.1. The summed E-state index contributed by atoms with van der Waals surface area (Å²) in [4.78, 5) is 23.0. The number of carboxylic acids is 1. The second-order valence-electron chi connectivity index (χ2n) is 8.68. The van der Waals surface area contributed by atoms with Crippen LogP contribution in [0.4, 0.5) is 0 Å². The van der Waals surface area contributed by atoms with Crippen LogP contribution in [0.15, 0.2) is 12.2 Å². The van der Waals surface area contributed by atoms with Crippen molar-refractivity contribution in [3.63, 3.8) is 0 Å². The van der Waals surface area contributed by atoms with Crippen LogP contribution in [0.2, 0.25) is 32.7 Å². The zero-order valence-electron chi connectivity index (χ0n) is 18.4. The Balaban J connectivity index is 5.35. The topological polar surface area (TPSA) is 72.8 Å². The van der Waals surface area contributed by atoms with Crippen LogP contribution < -0.4 is 0 Å². The van der Waals surface area contributed by atoms with Gasteiger partial charge in [-0.05, 0) is 52.0 Å². The standard InChI is InChI=1S/C20H40O5Si2/c1-8-10-11-12-13-14-17-20(9-2,24-19(23)16-15-18(21)22)27(6,7)25-26(3,4)5/h15-16H,8-14,17H2,1-7H3,(H,21,22)/b16-15+. The predicted molar refractivity (Wildman–Crippen MR) is 116 cm³/mol. The number of hydrogen-bond donors (Lipinski definition) is 1. The van der Waals surface area contributed by atoms with Gasteiger partial charge in [-0.15, -0.1) is 0 Å². The Morgan fingerprint density at radius 2 is 1.48 bits per heavy atom. The highest BCUT2D eigenvalue weighted by Gasteiger charge is 2.51. The number of rotatable bonds is 14. The van der Waals surface area contributed by atoms with E-state index in [1.54, 1.807) is 0 Å². The van der Waals surface area contributed by atoms with Crippen molar-refractivity contribution in [2.45, 2.75) is 103 Å². The van der Waals surface area contributed by atoms with Gasteiger partial charge in [-0.25, -0.2) is 9.59 Å². The molecule has 0 fully saturated rings. The monoisotopic (exact) mass is 416 g/mol. The van der Waals surface area contributed by atoms with Crippen LogP contribution >= 0.6 is 0 Å². The number of hydrogen-bond acceptors (Lipinski definition) is 4. The van der Waals surface area contributed by atoms with Crippen LogP contribution in [0.5, 0.6) is 0 Å². The van der Waals surface area contributed by atoms with Crippen molar-refractivity contribution >= 4 is 28.6 Å². The molecule has 0 aromatic rings. The molecule has 0 rings (SSSR count). The van der Waals surface area contributed by atoms with E-state index >= 15 is 0 Å². The highest BCUT2D eigenvalue weighted by molar-refractivity contribution is 6.85. The van der Waals surface area contributed by atoms with E-state index in [4.69, 9.17) is 14.0 Å². The number of carbonyl (C=O) groups is 2. The van der Waals surface area contributed by atoms with Crippen LogP contribution in [0.25, 0.3) is 0 Å². The zero-order valence-corrected chi connectivity index (χ0v) is 20.4. The largest absolute Gasteiger partial charge is 0.478 e. The lowest BCUT2D eigenvalue weighted by molar-refractivity contribution is -0.149. The summed E-state index contributed by atoms with van der Waals surface area (Å²) in [6.45, 7) is 14.9. The molecule has 0 aliphatic rings. The van der Waals surface area contributed by atoms with E-state index in [1.165, 1.54) is 25.7 Å². The van der Waals surface area contributed by atoms with Crippen LogP contribution in [-0.4, -0.2) is 38.9 Å². The maximum Gasteiger partial charge on any atom is 0.331 e. The van der Waals surface area contributed by atoms with E-state index in [0.717, 1.165) is 31.4 Å². The molecule has 5 nitrogen and oxygen atoms in total. The molecular weight excluding hydrogens is 376 g/mol. The van der Waals surface area contributed by atoms with Crippen LogP contribution in [-0.2, 0) is 18.4 Å². The van der Waals surface area contributed by atoms with Gasteiger partial charge in [-0.2, -0.15) is 0 Å². The minimum atomic E-state index is -2.38. The zero-order chi connectivity index (χ0) is 21.1. The first-order valence-electron chi connectivity index (χ1n) is 10.2. The van der Waals surface area contributed by atoms with Gasteiger partial charge < -0.3 is 14.0 Å². The molecule has 0 bridgehead atoms. The summed E-state index contributed by atoms with van der Waals surface area (Å²) in [5.41, 5.74) is 0. The average molecular weight is 417 g/mol. The van der Waals surface area contributed by atoms with Gasteiger partial charge in [-0.1, -0.05) is 46.0 Å². The fraction of sp³-hybridized carbons (Fsp3) is 0.800. The quantitative estimate of drug-likeness (QED) is 0.171. The summed E-state index contributed by atoms with van der Waals surface area (Å²) in [6.07, 6.45) is 10.3. The summed E-state index contributed by atoms with van der Waals surface area (Å²) >= 11 is 0. The second kappa shape index (κ2) is 11.8. The van der Waals surface area contributed by atoms with Crippen LogP contribution in [0.3, 0.4) is 0 Å². The molecule has 0 aliphatic carbocycles. The predicted octanol–water partition coefficient (Wildman–Crippen LogP) is 5.67. The van der Waals surface area contributed by atoms with E-state index in [0.29, 0.717) is 6.42 Å². The highest BCUT2D eigenvalue weighted by atomic mass is 28.4. The Hall–Kier alpha value is -0.926. The molecule has 7 heteroatoms. The normalized spacial score (nSPS) is 14.9. The lowest BCUT2D eigenvalue weighted by Gasteiger charge is -2.46. The first-order valence-corrected chi connectivity index (χ1v) is 16.5. The molecule has 0 spiro atoms. The molecule has 0 radical (unpaired) electrons. The maximum atomic E-state index is 12.3. The third-order valence-corrected chi connectivity index (χ3v) is 12.2. The Kier molecular flexibility index (Phi) is 11.4. The van der Waals surface area contributed by atoms with Crippen molar-refractivity contribution in [1.29, 1.82) is 0 Å². The molecular formula is C20H40O5Si2. The van der Waals surface area contributed by atoms with Crippen molar-refractivity contribution in [3.05, 3.63) is 12.2 Å². The molecule has 27 heavy (non-hydrogen) atoms. The Labute approximate surface area is 167 Å². The van der Waals surface area contributed by atoms with Crippen molar-refractivity contribution < 1.29 is 23.5 Å². The van der Waals surface area contributed by atoms with E-state index in [-0.39, 0.29) is 0 Å². The summed E-state index contributed by atoms with van der Waals surface area (Å²) in [6, 6.07) is 0. The molecule has 0 aromatic heterocycles. The Bertz CT molecular complexity index is 497. The van der Waals surface area contributed by atoms with Crippen molar-refractivity contribution in [2.24, 2.45) is 0 Å². The number of esters is 1. The molecule has 1 unspecified atom stereocenters. The number of carbonyl (C=O) groups excluding carboxylic acids is 1. The van der Waals surface area contributed by atoms with Gasteiger partial charge in [0.05, 0.1) is 0 Å². The summed E-state index contributed by atoms with van der Waals surface area (Å²) in [7, 11) is -4.19. The summed E-state index contributed by atoms with van der Waals surface area (Å²) < 4.78 is 12.5. The molecule has 158 valence electrons.